The molecule has 0 saturated heterocycles. The van der Waals surface area contributed by atoms with Crippen molar-refractivity contribution in [1.82, 2.24) is 0 Å². The molecule has 38 heavy (non-hydrogen) atoms. The van der Waals surface area contributed by atoms with Crippen LogP contribution < -0.4 is 0 Å². The van der Waals surface area contributed by atoms with Crippen molar-refractivity contribution in [3.8, 4) is 0 Å². The van der Waals surface area contributed by atoms with Crippen molar-refractivity contribution >= 4 is 25.1 Å². The number of unbranched alkanes of at least 4 members (excludes halogenated alkanes) is 3. The first-order valence-electron chi connectivity index (χ1n) is 17.6. The van der Waals surface area contributed by atoms with Crippen LogP contribution in [0.1, 0.15) is 133 Å². The number of allylic oxidation sites excluding steroid dienone is 1. The molecule has 6 rings (SSSR count). The molecule has 0 radical (unpaired) electrons. The van der Waals surface area contributed by atoms with Crippen LogP contribution in [0.3, 0.4) is 0 Å². The molecule has 0 spiro atoms. The molecule has 6 aliphatic rings. The normalized spacial score (nSPS) is 37.9. The van der Waals surface area contributed by atoms with Crippen LogP contribution in [0, 0.1) is 46.3 Å². The van der Waals surface area contributed by atoms with Crippen molar-refractivity contribution in [2.75, 3.05) is 0 Å². The first-order chi connectivity index (χ1) is 17.9. The van der Waals surface area contributed by atoms with E-state index in [-0.39, 0.29) is 0 Å². The molecule has 6 aliphatic carbocycles. The Balaban J connectivity index is 1.62. The van der Waals surface area contributed by atoms with Crippen LogP contribution in [0.4, 0.5) is 0 Å². The van der Waals surface area contributed by atoms with E-state index in [4.69, 9.17) is 0 Å². The Bertz CT molecular complexity index is 733. The standard InChI is InChI=1S/C24H40B.3C4H9.Sn/c1-9-14(2)25(21-12-17-10-19(15(21)3)23(17,5)6)22-13-18-11-20(16(22)4)24(18,7)8;3*1-3-4-2;/h1,9,14-22H,10-13H2,2-8H3;3*1,3-4H2,2H3;/t14-,15-,16-,17+,18+,19-,20-,21-,22-;;;;/m1..../s1. The third-order valence-electron chi connectivity index (χ3n) is 14.3. The van der Waals surface area contributed by atoms with E-state index in [1.807, 2.05) is 0 Å². The molecule has 0 aromatic rings. The van der Waals surface area contributed by atoms with Gasteiger partial charge in [0.15, 0.2) is 0 Å². The Morgan fingerprint density at radius 2 is 1.11 bits per heavy atom. The van der Waals surface area contributed by atoms with Gasteiger partial charge in [0, 0.05) is 0 Å². The van der Waals surface area contributed by atoms with Crippen molar-refractivity contribution < 1.29 is 0 Å². The SMILES string of the molecule is CCC[CH2][Sn](/[CH]=C\[C@@H](C)B([C@@H]1C[C@@H]2C[C@H]([C@H]1C)C2(C)C)[C@@H]1C[C@@H]2C[C@H]([C@H]1C)C2(C)C)([CH2]CCC)[CH2]CCC. The summed E-state index contributed by atoms with van der Waals surface area (Å²) in [4.78, 5) is 0. The zero-order chi connectivity index (χ0) is 27.9. The third kappa shape index (κ3) is 5.78. The van der Waals surface area contributed by atoms with Crippen molar-refractivity contribution in [2.45, 2.75) is 164 Å². The molecule has 218 valence electrons. The van der Waals surface area contributed by atoms with Crippen molar-refractivity contribution in [3.63, 3.8) is 0 Å². The van der Waals surface area contributed by atoms with Crippen LogP contribution in [0.5, 0.6) is 0 Å². The summed E-state index contributed by atoms with van der Waals surface area (Å²) in [5.74, 6) is 8.49. The van der Waals surface area contributed by atoms with E-state index in [2.05, 4.69) is 79.4 Å². The maximum absolute atomic E-state index is 3.05. The quantitative estimate of drug-likeness (QED) is 0.168. The molecule has 0 heterocycles. The molecule has 6 fully saturated rings. The number of rotatable bonds is 14. The number of hydrogen-bond donors (Lipinski definition) is 0. The summed E-state index contributed by atoms with van der Waals surface area (Å²) in [5, 5.41) is 0. The van der Waals surface area contributed by atoms with Gasteiger partial charge in [-0.15, -0.1) is 0 Å². The van der Waals surface area contributed by atoms with Crippen LogP contribution in [-0.2, 0) is 0 Å². The molecule has 6 saturated carbocycles. The van der Waals surface area contributed by atoms with Crippen LogP contribution in [-0.4, -0.2) is 25.1 Å². The molecule has 0 aromatic heterocycles. The van der Waals surface area contributed by atoms with Gasteiger partial charge in [0.05, 0.1) is 0 Å². The molecule has 0 amide bonds. The van der Waals surface area contributed by atoms with Gasteiger partial charge < -0.3 is 0 Å². The Morgan fingerprint density at radius 3 is 1.42 bits per heavy atom. The van der Waals surface area contributed by atoms with E-state index in [9.17, 15) is 0 Å². The molecule has 9 atom stereocenters. The van der Waals surface area contributed by atoms with Gasteiger partial charge >= 0.3 is 246 Å². The molecule has 0 unspecified atom stereocenters. The van der Waals surface area contributed by atoms with E-state index < -0.39 is 18.4 Å². The second-order valence-corrected chi connectivity index (χ2v) is 29.7. The Labute approximate surface area is 244 Å². The van der Waals surface area contributed by atoms with E-state index >= 15 is 0 Å². The van der Waals surface area contributed by atoms with Gasteiger partial charge in [-0.25, -0.2) is 0 Å². The fourth-order valence-electron chi connectivity index (χ4n) is 11.2. The molecule has 0 nitrogen and oxygen atoms in total. The van der Waals surface area contributed by atoms with Crippen molar-refractivity contribution in [3.05, 3.63) is 10.2 Å². The summed E-state index contributed by atoms with van der Waals surface area (Å²) >= 11 is -2.25. The zero-order valence-electron chi connectivity index (χ0n) is 27.6. The molecule has 0 N–H and O–H groups in total. The molecular formula is C36H67BSn. The first-order valence-corrected chi connectivity index (χ1v) is 25.3. The minimum atomic E-state index is -2.25. The van der Waals surface area contributed by atoms with Crippen LogP contribution in [0.2, 0.25) is 30.8 Å². The van der Waals surface area contributed by atoms with Gasteiger partial charge in [0.2, 0.25) is 0 Å². The van der Waals surface area contributed by atoms with E-state index in [1.165, 1.54) is 64.2 Å². The molecular weight excluding hydrogens is 562 g/mol. The Kier molecular flexibility index (Phi) is 10.3. The topological polar surface area (TPSA) is 0 Å². The molecule has 4 bridgehead atoms. The fraction of sp³-hybridized carbons (Fsp3) is 0.944. The van der Waals surface area contributed by atoms with Gasteiger partial charge in [-0.05, 0) is 0 Å². The summed E-state index contributed by atoms with van der Waals surface area (Å²) in [5.41, 5.74) is 1.21. The molecule has 0 aliphatic heterocycles. The average molecular weight is 629 g/mol. The van der Waals surface area contributed by atoms with Crippen LogP contribution in [0.15, 0.2) is 10.2 Å². The third-order valence-corrected chi connectivity index (χ3v) is 28.4. The van der Waals surface area contributed by atoms with Gasteiger partial charge in [0.1, 0.15) is 0 Å². The average Bonchev–Trinajstić information content (AvgIpc) is 2.88. The second kappa shape index (κ2) is 12.5. The summed E-state index contributed by atoms with van der Waals surface area (Å²) in [6.45, 7) is 26.7. The summed E-state index contributed by atoms with van der Waals surface area (Å²) in [6.07, 6.45) is 17.7. The maximum atomic E-state index is 3.05. The van der Waals surface area contributed by atoms with Crippen LogP contribution >= 0.6 is 0 Å². The predicted octanol–water partition coefficient (Wildman–Crippen LogP) is 12.0. The number of fused-ring (bicyclic) bond motifs is 4. The summed E-state index contributed by atoms with van der Waals surface area (Å²) in [7, 11) is 0. The van der Waals surface area contributed by atoms with Gasteiger partial charge in [-0.3, -0.25) is 0 Å². The Morgan fingerprint density at radius 1 is 0.711 bits per heavy atom. The predicted molar refractivity (Wildman–Crippen MR) is 175 cm³/mol. The van der Waals surface area contributed by atoms with E-state index in [0.717, 1.165) is 59.7 Å². The Hall–Kier alpha value is 0.604. The monoisotopic (exact) mass is 630 g/mol. The van der Waals surface area contributed by atoms with Gasteiger partial charge in [0.25, 0.3) is 0 Å². The van der Waals surface area contributed by atoms with E-state index in [0.29, 0.717) is 10.8 Å². The van der Waals surface area contributed by atoms with Gasteiger partial charge in [-0.1, -0.05) is 0 Å². The van der Waals surface area contributed by atoms with Crippen molar-refractivity contribution in [2.24, 2.45) is 46.3 Å². The molecule has 0 aromatic carbocycles. The van der Waals surface area contributed by atoms with Crippen molar-refractivity contribution in [1.29, 1.82) is 0 Å². The first kappa shape index (κ1) is 31.5. The fourth-order valence-corrected chi connectivity index (χ4v) is 25.8. The molecule has 2 heteroatoms. The summed E-state index contributed by atoms with van der Waals surface area (Å²) in [6, 6.07) is 0. The van der Waals surface area contributed by atoms with E-state index in [1.54, 1.807) is 13.3 Å². The van der Waals surface area contributed by atoms with Gasteiger partial charge in [-0.2, -0.15) is 0 Å². The van der Waals surface area contributed by atoms with Crippen LogP contribution in [0.25, 0.3) is 0 Å². The minimum absolute atomic E-state index is 0.605. The summed E-state index contributed by atoms with van der Waals surface area (Å²) < 4.78 is 7.91. The zero-order valence-corrected chi connectivity index (χ0v) is 30.5. The second-order valence-electron chi connectivity index (χ2n) is 16.7. The number of hydrogen-bond acceptors (Lipinski definition) is 0.